The minimum absolute atomic E-state index is 0.0408. The quantitative estimate of drug-likeness (QED) is 0.678. The SMILES string of the molecule is Cc1ccc(-c2cc(C(=O)N(C)Cc3ccno3)c(C)c(N(C)C)c2)cc1. The molecule has 140 valence electrons. The summed E-state index contributed by atoms with van der Waals surface area (Å²) in [6.07, 6.45) is 1.58. The zero-order chi connectivity index (χ0) is 19.6. The summed E-state index contributed by atoms with van der Waals surface area (Å²) in [6, 6.07) is 14.2. The van der Waals surface area contributed by atoms with Gasteiger partial charge < -0.3 is 14.3 Å². The van der Waals surface area contributed by atoms with Gasteiger partial charge >= 0.3 is 0 Å². The van der Waals surface area contributed by atoms with Gasteiger partial charge in [-0.2, -0.15) is 0 Å². The number of carbonyl (C=O) groups excluding carboxylic acids is 1. The molecule has 0 aliphatic carbocycles. The van der Waals surface area contributed by atoms with E-state index < -0.39 is 0 Å². The topological polar surface area (TPSA) is 49.6 Å². The third-order valence-electron chi connectivity index (χ3n) is 4.71. The number of hydrogen-bond acceptors (Lipinski definition) is 4. The number of aromatic nitrogens is 1. The molecule has 3 rings (SSSR count). The van der Waals surface area contributed by atoms with Gasteiger partial charge in [-0.3, -0.25) is 4.79 Å². The second kappa shape index (κ2) is 7.66. The first kappa shape index (κ1) is 18.7. The number of nitrogens with zero attached hydrogens (tertiary/aromatic N) is 3. The monoisotopic (exact) mass is 363 g/mol. The summed E-state index contributed by atoms with van der Waals surface area (Å²) in [7, 11) is 5.76. The second-order valence-corrected chi connectivity index (χ2v) is 7.07. The molecule has 0 saturated heterocycles. The highest BCUT2D eigenvalue weighted by Crippen LogP contribution is 2.31. The van der Waals surface area contributed by atoms with E-state index in [4.69, 9.17) is 4.52 Å². The van der Waals surface area contributed by atoms with Gasteiger partial charge in [0.25, 0.3) is 5.91 Å². The van der Waals surface area contributed by atoms with Gasteiger partial charge in [0.05, 0.1) is 12.7 Å². The van der Waals surface area contributed by atoms with Crippen molar-refractivity contribution in [2.24, 2.45) is 0 Å². The van der Waals surface area contributed by atoms with Crippen molar-refractivity contribution in [2.75, 3.05) is 26.0 Å². The maximum absolute atomic E-state index is 13.1. The molecule has 0 aliphatic heterocycles. The minimum Gasteiger partial charge on any atom is -0.377 e. The highest BCUT2D eigenvalue weighted by Gasteiger charge is 2.20. The maximum Gasteiger partial charge on any atom is 0.254 e. The van der Waals surface area contributed by atoms with Gasteiger partial charge in [-0.1, -0.05) is 35.0 Å². The molecule has 27 heavy (non-hydrogen) atoms. The predicted molar refractivity (Wildman–Crippen MR) is 108 cm³/mol. The van der Waals surface area contributed by atoms with Crippen LogP contribution < -0.4 is 4.90 Å². The fourth-order valence-electron chi connectivity index (χ4n) is 3.13. The van der Waals surface area contributed by atoms with Crippen molar-refractivity contribution in [1.82, 2.24) is 10.1 Å². The smallest absolute Gasteiger partial charge is 0.254 e. The maximum atomic E-state index is 13.1. The van der Waals surface area contributed by atoms with E-state index in [1.165, 1.54) is 5.56 Å². The lowest BCUT2D eigenvalue weighted by molar-refractivity contribution is 0.0771. The van der Waals surface area contributed by atoms with Gasteiger partial charge in [-0.15, -0.1) is 0 Å². The molecule has 0 spiro atoms. The Kier molecular flexibility index (Phi) is 5.31. The number of anilines is 1. The molecule has 2 aromatic carbocycles. The van der Waals surface area contributed by atoms with Crippen LogP contribution in [0.2, 0.25) is 0 Å². The molecule has 3 aromatic rings. The number of benzene rings is 2. The Morgan fingerprint density at radius 1 is 1.00 bits per heavy atom. The molecule has 0 unspecified atom stereocenters. The van der Waals surface area contributed by atoms with Crippen LogP contribution in [-0.2, 0) is 6.54 Å². The van der Waals surface area contributed by atoms with Crippen LogP contribution in [0.4, 0.5) is 5.69 Å². The van der Waals surface area contributed by atoms with E-state index in [9.17, 15) is 4.79 Å². The van der Waals surface area contributed by atoms with E-state index in [2.05, 4.69) is 42.4 Å². The standard InChI is InChI=1S/C22H25N3O2/c1-15-6-8-17(9-7-15)18-12-20(16(2)21(13-18)24(3)4)22(26)25(5)14-19-10-11-23-27-19/h6-13H,14H2,1-5H3. The van der Waals surface area contributed by atoms with E-state index in [0.717, 1.165) is 22.4 Å². The molecule has 0 fully saturated rings. The number of aryl methyl sites for hydroxylation is 1. The largest absolute Gasteiger partial charge is 0.377 e. The van der Waals surface area contributed by atoms with Crippen LogP contribution in [0.5, 0.6) is 0 Å². The lowest BCUT2D eigenvalue weighted by Crippen LogP contribution is -2.27. The van der Waals surface area contributed by atoms with Crippen molar-refractivity contribution < 1.29 is 9.32 Å². The molecule has 5 heteroatoms. The summed E-state index contributed by atoms with van der Waals surface area (Å²) >= 11 is 0. The molecule has 0 N–H and O–H groups in total. The molecular formula is C22H25N3O2. The first-order valence-corrected chi connectivity index (χ1v) is 8.91. The van der Waals surface area contributed by atoms with Crippen LogP contribution in [0.25, 0.3) is 11.1 Å². The average molecular weight is 363 g/mol. The van der Waals surface area contributed by atoms with Crippen LogP contribution in [0.15, 0.2) is 53.2 Å². The molecule has 5 nitrogen and oxygen atoms in total. The summed E-state index contributed by atoms with van der Waals surface area (Å²) in [6.45, 7) is 4.44. The lowest BCUT2D eigenvalue weighted by atomic mass is 9.96. The lowest BCUT2D eigenvalue weighted by Gasteiger charge is -2.23. The van der Waals surface area contributed by atoms with Crippen LogP contribution in [0.1, 0.15) is 27.2 Å². The first-order valence-electron chi connectivity index (χ1n) is 8.91. The van der Waals surface area contributed by atoms with Crippen molar-refractivity contribution >= 4 is 11.6 Å². The van der Waals surface area contributed by atoms with Crippen LogP contribution in [0, 0.1) is 13.8 Å². The molecule has 1 heterocycles. The van der Waals surface area contributed by atoms with Crippen molar-refractivity contribution in [2.45, 2.75) is 20.4 Å². The zero-order valence-electron chi connectivity index (χ0n) is 16.5. The third kappa shape index (κ3) is 4.03. The molecule has 0 aliphatic rings. The van der Waals surface area contributed by atoms with E-state index in [0.29, 0.717) is 17.9 Å². The zero-order valence-corrected chi connectivity index (χ0v) is 16.5. The van der Waals surface area contributed by atoms with Crippen molar-refractivity contribution in [3.05, 3.63) is 71.1 Å². The highest BCUT2D eigenvalue weighted by atomic mass is 16.5. The third-order valence-corrected chi connectivity index (χ3v) is 4.71. The molecular weight excluding hydrogens is 338 g/mol. The summed E-state index contributed by atoms with van der Waals surface area (Å²) in [5.74, 6) is 0.618. The van der Waals surface area contributed by atoms with Gasteiger partial charge in [-0.25, -0.2) is 0 Å². The normalized spacial score (nSPS) is 10.7. The Bertz CT molecular complexity index is 929. The summed E-state index contributed by atoms with van der Waals surface area (Å²) in [4.78, 5) is 16.8. The first-order chi connectivity index (χ1) is 12.9. The van der Waals surface area contributed by atoms with Gasteiger partial charge in [0.2, 0.25) is 0 Å². The fraction of sp³-hybridized carbons (Fsp3) is 0.273. The fourth-order valence-corrected chi connectivity index (χ4v) is 3.13. The summed E-state index contributed by atoms with van der Waals surface area (Å²) < 4.78 is 5.13. The Morgan fingerprint density at radius 2 is 1.70 bits per heavy atom. The second-order valence-electron chi connectivity index (χ2n) is 7.07. The number of rotatable bonds is 5. The molecule has 1 amide bonds. The van der Waals surface area contributed by atoms with E-state index in [1.54, 1.807) is 24.2 Å². The van der Waals surface area contributed by atoms with E-state index in [1.807, 2.05) is 32.0 Å². The summed E-state index contributed by atoms with van der Waals surface area (Å²) in [5.41, 5.74) is 6.02. The van der Waals surface area contributed by atoms with Crippen molar-refractivity contribution in [3.63, 3.8) is 0 Å². The number of carbonyl (C=O) groups is 1. The van der Waals surface area contributed by atoms with E-state index in [-0.39, 0.29) is 5.91 Å². The van der Waals surface area contributed by atoms with Gasteiger partial charge in [-0.05, 0) is 42.7 Å². The van der Waals surface area contributed by atoms with Crippen molar-refractivity contribution in [1.29, 1.82) is 0 Å². The van der Waals surface area contributed by atoms with Gasteiger partial charge in [0.15, 0.2) is 5.76 Å². The van der Waals surface area contributed by atoms with Gasteiger partial charge in [0, 0.05) is 38.5 Å². The van der Waals surface area contributed by atoms with E-state index >= 15 is 0 Å². The average Bonchev–Trinajstić information content (AvgIpc) is 3.14. The molecule has 0 saturated carbocycles. The van der Waals surface area contributed by atoms with Crippen LogP contribution in [-0.4, -0.2) is 37.1 Å². The Labute approximate surface area is 160 Å². The van der Waals surface area contributed by atoms with Gasteiger partial charge in [0.1, 0.15) is 0 Å². The van der Waals surface area contributed by atoms with Crippen LogP contribution in [0.3, 0.4) is 0 Å². The Balaban J connectivity index is 2.02. The molecule has 0 radical (unpaired) electrons. The van der Waals surface area contributed by atoms with Crippen molar-refractivity contribution in [3.8, 4) is 11.1 Å². The van der Waals surface area contributed by atoms with Crippen LogP contribution >= 0.6 is 0 Å². The Hall–Kier alpha value is -3.08. The minimum atomic E-state index is -0.0408. The Morgan fingerprint density at radius 3 is 2.30 bits per heavy atom. The highest BCUT2D eigenvalue weighted by molar-refractivity contribution is 5.98. The predicted octanol–water partition coefficient (Wildman–Crippen LogP) is 4.30. The summed E-state index contributed by atoms with van der Waals surface area (Å²) in [5, 5.41) is 3.70. The number of hydrogen-bond donors (Lipinski definition) is 0. The molecule has 0 bridgehead atoms. The number of amides is 1. The molecule has 1 aromatic heterocycles. The molecule has 0 atom stereocenters.